The minimum atomic E-state index is -0.170. The van der Waals surface area contributed by atoms with Crippen molar-refractivity contribution in [2.24, 2.45) is 0 Å². The summed E-state index contributed by atoms with van der Waals surface area (Å²) in [5.41, 5.74) is 3.96. The average Bonchev–Trinajstić information content (AvgIpc) is 2.91. The summed E-state index contributed by atoms with van der Waals surface area (Å²) >= 11 is 1.60. The number of hydrogen-bond acceptors (Lipinski definition) is 3. The molecule has 1 heterocycles. The second-order valence-electron chi connectivity index (χ2n) is 4.64. The van der Waals surface area contributed by atoms with E-state index in [2.05, 4.69) is 22.6 Å². The average molecular weight is 278 g/mol. The van der Waals surface area contributed by atoms with Crippen LogP contribution in [0.4, 0.5) is 4.39 Å². The van der Waals surface area contributed by atoms with Crippen LogP contribution < -0.4 is 5.32 Å². The van der Waals surface area contributed by atoms with Crippen LogP contribution in [0.5, 0.6) is 0 Å². The summed E-state index contributed by atoms with van der Waals surface area (Å²) in [5.74, 6) is 0.0978. The molecule has 0 aliphatic rings. The molecule has 4 heteroatoms. The summed E-state index contributed by atoms with van der Waals surface area (Å²) in [6.07, 6.45) is 1.95. The van der Waals surface area contributed by atoms with Crippen molar-refractivity contribution in [2.75, 3.05) is 13.1 Å². The molecule has 0 aliphatic carbocycles. The highest BCUT2D eigenvalue weighted by atomic mass is 32.1. The maximum atomic E-state index is 13.4. The van der Waals surface area contributed by atoms with Gasteiger partial charge in [-0.05, 0) is 37.1 Å². The molecule has 2 nitrogen and oxygen atoms in total. The number of nitrogens with one attached hydrogen (secondary N) is 1. The number of halogens is 1. The fourth-order valence-corrected chi connectivity index (χ4v) is 2.68. The third-order valence-corrected chi connectivity index (χ3v) is 3.71. The van der Waals surface area contributed by atoms with Crippen LogP contribution in [-0.4, -0.2) is 18.1 Å². The number of aromatic nitrogens is 1. The highest BCUT2D eigenvalue weighted by Crippen LogP contribution is 2.21. The van der Waals surface area contributed by atoms with Crippen LogP contribution in [0.15, 0.2) is 35.2 Å². The smallest absolute Gasteiger partial charge is 0.123 e. The summed E-state index contributed by atoms with van der Waals surface area (Å²) in [4.78, 5) is 4.33. The van der Waals surface area contributed by atoms with Gasteiger partial charge in [-0.1, -0.05) is 19.1 Å². The van der Waals surface area contributed by atoms with Crippen molar-refractivity contribution in [1.29, 1.82) is 0 Å². The van der Waals surface area contributed by atoms with Gasteiger partial charge in [-0.2, -0.15) is 0 Å². The molecule has 1 N–H and O–H groups in total. The summed E-state index contributed by atoms with van der Waals surface area (Å²) < 4.78 is 13.4. The zero-order valence-electron chi connectivity index (χ0n) is 11.1. The van der Waals surface area contributed by atoms with Crippen LogP contribution in [0, 0.1) is 5.82 Å². The fraction of sp³-hybridized carbons (Fsp3) is 0.400. The Kier molecular flexibility index (Phi) is 5.48. The van der Waals surface area contributed by atoms with Crippen LogP contribution in [0.25, 0.3) is 0 Å². The number of rotatable bonds is 7. The minimum Gasteiger partial charge on any atom is -0.316 e. The molecule has 0 amide bonds. The van der Waals surface area contributed by atoms with Gasteiger partial charge in [0.1, 0.15) is 5.82 Å². The van der Waals surface area contributed by atoms with Gasteiger partial charge in [0.15, 0.2) is 0 Å². The van der Waals surface area contributed by atoms with Crippen molar-refractivity contribution < 1.29 is 4.39 Å². The monoisotopic (exact) mass is 278 g/mol. The molecule has 2 rings (SSSR count). The zero-order valence-corrected chi connectivity index (χ0v) is 11.9. The van der Waals surface area contributed by atoms with E-state index in [0.29, 0.717) is 0 Å². The van der Waals surface area contributed by atoms with Gasteiger partial charge in [0.25, 0.3) is 0 Å². The Morgan fingerprint density at radius 2 is 2.32 bits per heavy atom. The van der Waals surface area contributed by atoms with Crippen LogP contribution in [0.3, 0.4) is 0 Å². The number of nitrogens with zero attached hydrogens (tertiary/aromatic N) is 1. The quantitative estimate of drug-likeness (QED) is 0.783. The van der Waals surface area contributed by atoms with Crippen LogP contribution >= 0.6 is 11.3 Å². The van der Waals surface area contributed by atoms with Gasteiger partial charge in [-0.25, -0.2) is 9.37 Å². The topological polar surface area (TPSA) is 24.9 Å². The van der Waals surface area contributed by atoms with Crippen molar-refractivity contribution in [3.05, 3.63) is 52.2 Å². The first-order valence-electron chi connectivity index (χ1n) is 6.63. The van der Waals surface area contributed by atoms with Gasteiger partial charge >= 0.3 is 0 Å². The Hall–Kier alpha value is -1.26. The van der Waals surface area contributed by atoms with E-state index in [1.165, 1.54) is 6.07 Å². The van der Waals surface area contributed by atoms with Gasteiger partial charge in [0.05, 0.1) is 11.2 Å². The molecule has 19 heavy (non-hydrogen) atoms. The third kappa shape index (κ3) is 4.40. The lowest BCUT2D eigenvalue weighted by Crippen LogP contribution is -2.23. The van der Waals surface area contributed by atoms with Crippen molar-refractivity contribution in [3.63, 3.8) is 0 Å². The van der Waals surface area contributed by atoms with Crippen molar-refractivity contribution in [3.8, 4) is 0 Å². The van der Waals surface area contributed by atoms with E-state index in [4.69, 9.17) is 0 Å². The molecule has 0 saturated carbocycles. The van der Waals surface area contributed by atoms with Crippen LogP contribution in [0.2, 0.25) is 0 Å². The molecule has 0 bridgehead atoms. The fourth-order valence-electron chi connectivity index (χ4n) is 2.11. The van der Waals surface area contributed by atoms with E-state index in [1.54, 1.807) is 23.5 Å². The van der Waals surface area contributed by atoms with E-state index in [-0.39, 0.29) is 11.7 Å². The first-order chi connectivity index (χ1) is 9.29. The zero-order chi connectivity index (χ0) is 13.5. The Morgan fingerprint density at radius 1 is 1.42 bits per heavy atom. The molecular formula is C15H19FN2S. The second kappa shape index (κ2) is 7.36. The lowest BCUT2D eigenvalue weighted by Gasteiger charge is -2.17. The van der Waals surface area contributed by atoms with Gasteiger partial charge in [0, 0.05) is 17.8 Å². The molecule has 1 aromatic carbocycles. The lowest BCUT2D eigenvalue weighted by molar-refractivity contribution is 0.565. The predicted molar refractivity (Wildman–Crippen MR) is 78.1 cm³/mol. The predicted octanol–water partition coefficient (Wildman–Crippen LogP) is 3.61. The normalized spacial score (nSPS) is 12.5. The van der Waals surface area contributed by atoms with Gasteiger partial charge < -0.3 is 5.32 Å². The first kappa shape index (κ1) is 14.2. The second-order valence-corrected chi connectivity index (χ2v) is 5.36. The summed E-state index contributed by atoms with van der Waals surface area (Å²) in [6, 6.07) is 6.89. The van der Waals surface area contributed by atoms with Crippen LogP contribution in [0.1, 0.15) is 30.5 Å². The van der Waals surface area contributed by atoms with Crippen LogP contribution in [-0.2, 0) is 6.42 Å². The van der Waals surface area contributed by atoms with E-state index in [0.717, 1.165) is 37.2 Å². The Balaban J connectivity index is 2.08. The molecule has 0 aliphatic heterocycles. The Labute approximate surface area is 117 Å². The molecule has 1 unspecified atom stereocenters. The molecule has 1 aromatic heterocycles. The van der Waals surface area contributed by atoms with E-state index >= 15 is 0 Å². The van der Waals surface area contributed by atoms with E-state index < -0.39 is 0 Å². The van der Waals surface area contributed by atoms with E-state index in [9.17, 15) is 4.39 Å². The number of benzene rings is 1. The standard InChI is InChI=1S/C15H19FN2S/c1-2-6-17-9-13(8-15-10-19-11-18-15)12-4-3-5-14(16)7-12/h3-5,7,10-11,13,17H,2,6,8-9H2,1H3. The molecule has 2 aromatic rings. The molecule has 0 radical (unpaired) electrons. The van der Waals surface area contributed by atoms with Gasteiger partial charge in [0.2, 0.25) is 0 Å². The molecule has 0 saturated heterocycles. The highest BCUT2D eigenvalue weighted by molar-refractivity contribution is 7.07. The summed E-state index contributed by atoms with van der Waals surface area (Å²) in [6.45, 7) is 3.99. The summed E-state index contributed by atoms with van der Waals surface area (Å²) in [7, 11) is 0. The molecule has 0 spiro atoms. The number of hydrogen-bond donors (Lipinski definition) is 1. The Morgan fingerprint density at radius 3 is 3.00 bits per heavy atom. The van der Waals surface area contributed by atoms with Crippen molar-refractivity contribution >= 4 is 11.3 Å². The summed E-state index contributed by atoms with van der Waals surface area (Å²) in [5, 5.41) is 5.48. The molecule has 102 valence electrons. The highest BCUT2D eigenvalue weighted by Gasteiger charge is 2.13. The number of thiazole rings is 1. The lowest BCUT2D eigenvalue weighted by atomic mass is 9.94. The third-order valence-electron chi connectivity index (χ3n) is 3.08. The molecule has 1 atom stereocenters. The maximum Gasteiger partial charge on any atom is 0.123 e. The van der Waals surface area contributed by atoms with Gasteiger partial charge in [-0.3, -0.25) is 0 Å². The Bertz CT molecular complexity index is 485. The van der Waals surface area contributed by atoms with E-state index in [1.807, 2.05) is 11.6 Å². The molecular weight excluding hydrogens is 259 g/mol. The SMILES string of the molecule is CCCNCC(Cc1cscn1)c1cccc(F)c1. The first-order valence-corrected chi connectivity index (χ1v) is 7.57. The van der Waals surface area contributed by atoms with Gasteiger partial charge in [-0.15, -0.1) is 11.3 Å². The minimum absolute atomic E-state index is 0.170. The van der Waals surface area contributed by atoms with Crippen molar-refractivity contribution in [1.82, 2.24) is 10.3 Å². The maximum absolute atomic E-state index is 13.4. The largest absolute Gasteiger partial charge is 0.316 e. The molecule has 0 fully saturated rings. The van der Waals surface area contributed by atoms with Crippen molar-refractivity contribution in [2.45, 2.75) is 25.7 Å².